The molecule has 0 aliphatic carbocycles. The molecule has 0 amide bonds. The van der Waals surface area contributed by atoms with Crippen LogP contribution in [-0.2, 0) is 4.74 Å². The second kappa shape index (κ2) is 5.75. The Labute approximate surface area is 87.2 Å². The smallest absolute Gasteiger partial charge is 0.128 e. The summed E-state index contributed by atoms with van der Waals surface area (Å²) in [5.41, 5.74) is 2.56. The van der Waals surface area contributed by atoms with Crippen LogP contribution in [0.5, 0.6) is 0 Å². The fourth-order valence-electron chi connectivity index (χ4n) is 1.25. The Bertz CT molecular complexity index is 320. The van der Waals surface area contributed by atoms with Crippen LogP contribution in [0.4, 0.5) is 8.78 Å². The van der Waals surface area contributed by atoms with Crippen LogP contribution < -0.4 is 11.3 Å². The maximum atomic E-state index is 13.3. The van der Waals surface area contributed by atoms with Crippen molar-refractivity contribution < 1.29 is 13.5 Å². The lowest BCUT2D eigenvalue weighted by atomic mass is 10.1. The first-order valence-corrected chi connectivity index (χ1v) is 4.67. The van der Waals surface area contributed by atoms with E-state index in [-0.39, 0.29) is 12.2 Å². The van der Waals surface area contributed by atoms with E-state index in [0.717, 1.165) is 18.2 Å². The number of ether oxygens (including phenoxy) is 1. The second-order valence-electron chi connectivity index (χ2n) is 3.04. The van der Waals surface area contributed by atoms with Crippen LogP contribution in [-0.4, -0.2) is 13.2 Å². The van der Waals surface area contributed by atoms with Gasteiger partial charge in [-0.05, 0) is 25.1 Å². The van der Waals surface area contributed by atoms with Gasteiger partial charge in [-0.15, -0.1) is 0 Å². The predicted octanol–water partition coefficient (Wildman–Crippen LogP) is 1.51. The van der Waals surface area contributed by atoms with Crippen molar-refractivity contribution in [1.29, 1.82) is 0 Å². The molecule has 0 heterocycles. The number of hydrazine groups is 1. The van der Waals surface area contributed by atoms with E-state index >= 15 is 0 Å². The Morgan fingerprint density at radius 1 is 1.47 bits per heavy atom. The number of benzene rings is 1. The van der Waals surface area contributed by atoms with Gasteiger partial charge >= 0.3 is 0 Å². The molecule has 1 aromatic carbocycles. The van der Waals surface area contributed by atoms with Crippen molar-refractivity contribution in [2.75, 3.05) is 13.2 Å². The van der Waals surface area contributed by atoms with Gasteiger partial charge in [0.05, 0.1) is 12.6 Å². The number of nitrogens with two attached hydrogens (primary N) is 1. The van der Waals surface area contributed by atoms with Crippen LogP contribution >= 0.6 is 0 Å². The average molecular weight is 216 g/mol. The fraction of sp³-hybridized carbons (Fsp3) is 0.400. The third-order valence-corrected chi connectivity index (χ3v) is 2.02. The Morgan fingerprint density at radius 3 is 2.80 bits per heavy atom. The minimum atomic E-state index is -0.541. The Morgan fingerprint density at radius 2 is 2.20 bits per heavy atom. The monoisotopic (exact) mass is 216 g/mol. The van der Waals surface area contributed by atoms with Gasteiger partial charge in [-0.2, -0.15) is 0 Å². The van der Waals surface area contributed by atoms with E-state index in [1.807, 2.05) is 6.92 Å². The molecule has 0 aromatic heterocycles. The van der Waals surface area contributed by atoms with Crippen molar-refractivity contribution in [2.24, 2.45) is 5.84 Å². The molecule has 1 aromatic rings. The first kappa shape index (κ1) is 12.0. The van der Waals surface area contributed by atoms with Crippen molar-refractivity contribution >= 4 is 0 Å². The zero-order valence-corrected chi connectivity index (χ0v) is 8.47. The SMILES string of the molecule is CCOCC(NN)c1cc(F)ccc1F. The molecule has 0 saturated carbocycles. The van der Waals surface area contributed by atoms with Gasteiger partial charge in [0.25, 0.3) is 0 Å². The topological polar surface area (TPSA) is 47.3 Å². The van der Waals surface area contributed by atoms with Crippen LogP contribution in [0.25, 0.3) is 0 Å². The van der Waals surface area contributed by atoms with E-state index in [0.29, 0.717) is 6.61 Å². The van der Waals surface area contributed by atoms with Gasteiger partial charge in [-0.25, -0.2) is 8.78 Å². The molecule has 84 valence electrons. The summed E-state index contributed by atoms with van der Waals surface area (Å²) in [6.07, 6.45) is 0. The molecular weight excluding hydrogens is 202 g/mol. The van der Waals surface area contributed by atoms with Gasteiger partial charge in [-0.3, -0.25) is 11.3 Å². The highest BCUT2D eigenvalue weighted by Gasteiger charge is 2.15. The molecule has 3 N–H and O–H groups in total. The van der Waals surface area contributed by atoms with Crippen molar-refractivity contribution in [3.8, 4) is 0 Å². The van der Waals surface area contributed by atoms with Crippen molar-refractivity contribution in [1.82, 2.24) is 5.43 Å². The zero-order valence-electron chi connectivity index (χ0n) is 8.47. The molecule has 0 radical (unpaired) electrons. The van der Waals surface area contributed by atoms with Crippen LogP contribution in [0.2, 0.25) is 0 Å². The van der Waals surface area contributed by atoms with E-state index in [1.165, 1.54) is 0 Å². The summed E-state index contributed by atoms with van der Waals surface area (Å²) >= 11 is 0. The second-order valence-corrected chi connectivity index (χ2v) is 3.04. The number of halogens is 2. The zero-order chi connectivity index (χ0) is 11.3. The first-order valence-electron chi connectivity index (χ1n) is 4.67. The van der Waals surface area contributed by atoms with Crippen LogP contribution in [0.3, 0.4) is 0 Å². The fourth-order valence-corrected chi connectivity index (χ4v) is 1.25. The number of hydrogen-bond donors (Lipinski definition) is 2. The summed E-state index contributed by atoms with van der Waals surface area (Å²) in [5.74, 6) is 4.25. The van der Waals surface area contributed by atoms with Crippen LogP contribution in [0.15, 0.2) is 18.2 Å². The number of hydrogen-bond acceptors (Lipinski definition) is 3. The van der Waals surface area contributed by atoms with Gasteiger partial charge in [0.15, 0.2) is 0 Å². The van der Waals surface area contributed by atoms with Crippen LogP contribution in [0, 0.1) is 11.6 Å². The highest BCUT2D eigenvalue weighted by Crippen LogP contribution is 2.18. The minimum Gasteiger partial charge on any atom is -0.380 e. The maximum Gasteiger partial charge on any atom is 0.128 e. The number of nitrogens with one attached hydrogen (secondary N) is 1. The van der Waals surface area contributed by atoms with E-state index in [1.54, 1.807) is 0 Å². The molecule has 0 aliphatic heterocycles. The lowest BCUT2D eigenvalue weighted by Crippen LogP contribution is -2.32. The first-order chi connectivity index (χ1) is 7.19. The molecule has 15 heavy (non-hydrogen) atoms. The molecule has 5 heteroatoms. The molecule has 0 saturated heterocycles. The quantitative estimate of drug-likeness (QED) is 0.579. The van der Waals surface area contributed by atoms with E-state index in [2.05, 4.69) is 5.43 Å². The van der Waals surface area contributed by atoms with Gasteiger partial charge in [-0.1, -0.05) is 0 Å². The Kier molecular flexibility index (Phi) is 4.61. The third-order valence-electron chi connectivity index (χ3n) is 2.02. The van der Waals surface area contributed by atoms with E-state index in [4.69, 9.17) is 10.6 Å². The minimum absolute atomic E-state index is 0.172. The van der Waals surface area contributed by atoms with Gasteiger partial charge < -0.3 is 4.74 Å². The van der Waals surface area contributed by atoms with Crippen molar-refractivity contribution in [3.63, 3.8) is 0 Å². The summed E-state index contributed by atoms with van der Waals surface area (Å²) in [6.45, 7) is 2.51. The molecule has 3 nitrogen and oxygen atoms in total. The van der Waals surface area contributed by atoms with Gasteiger partial charge in [0.2, 0.25) is 0 Å². The summed E-state index contributed by atoms with van der Waals surface area (Å²) in [7, 11) is 0. The highest BCUT2D eigenvalue weighted by molar-refractivity contribution is 5.22. The van der Waals surface area contributed by atoms with E-state index in [9.17, 15) is 8.78 Å². The van der Waals surface area contributed by atoms with Crippen molar-refractivity contribution in [2.45, 2.75) is 13.0 Å². The molecular formula is C10H14F2N2O. The molecule has 0 bridgehead atoms. The largest absolute Gasteiger partial charge is 0.380 e. The molecule has 0 fully saturated rings. The lowest BCUT2D eigenvalue weighted by Gasteiger charge is -2.16. The summed E-state index contributed by atoms with van der Waals surface area (Å²) < 4.78 is 31.3. The number of rotatable bonds is 5. The average Bonchev–Trinajstić information content (AvgIpc) is 2.24. The Balaban J connectivity index is 2.85. The third kappa shape index (κ3) is 3.23. The van der Waals surface area contributed by atoms with Gasteiger partial charge in [0.1, 0.15) is 11.6 Å². The molecule has 0 aliphatic rings. The summed E-state index contributed by atoms with van der Waals surface area (Å²) in [4.78, 5) is 0. The van der Waals surface area contributed by atoms with Crippen molar-refractivity contribution in [3.05, 3.63) is 35.4 Å². The van der Waals surface area contributed by atoms with Crippen LogP contribution in [0.1, 0.15) is 18.5 Å². The summed E-state index contributed by atoms with van der Waals surface area (Å²) in [5, 5.41) is 0. The lowest BCUT2D eigenvalue weighted by molar-refractivity contribution is 0.122. The van der Waals surface area contributed by atoms with Gasteiger partial charge in [0, 0.05) is 12.2 Å². The normalized spacial score (nSPS) is 12.8. The molecule has 1 rings (SSSR count). The maximum absolute atomic E-state index is 13.3. The molecule has 1 atom stereocenters. The molecule has 0 spiro atoms. The highest BCUT2D eigenvalue weighted by atomic mass is 19.1. The standard InChI is InChI=1S/C10H14F2N2O/c1-2-15-6-10(14-13)8-5-7(11)3-4-9(8)12/h3-5,10,14H,2,6,13H2,1H3. The molecule has 1 unspecified atom stereocenters. The van der Waals surface area contributed by atoms with E-state index < -0.39 is 17.7 Å². The Hall–Kier alpha value is -1.04. The predicted molar refractivity (Wildman–Crippen MR) is 52.9 cm³/mol. The summed E-state index contributed by atoms with van der Waals surface area (Å²) in [6, 6.07) is 2.70.